The molecule has 1 aliphatic rings. The Balaban J connectivity index is 1.91. The third-order valence-corrected chi connectivity index (χ3v) is 4.30. The molecule has 0 saturated carbocycles. The van der Waals surface area contributed by atoms with Crippen molar-refractivity contribution < 1.29 is 0 Å². The molecule has 0 aromatic heterocycles. The average molecular weight is 262 g/mol. The van der Waals surface area contributed by atoms with Crippen LogP contribution in [0.5, 0.6) is 0 Å². The van der Waals surface area contributed by atoms with E-state index < -0.39 is 0 Å². The number of benzene rings is 1. The first-order chi connectivity index (χ1) is 8.56. The molecule has 1 fully saturated rings. The lowest BCUT2D eigenvalue weighted by molar-refractivity contribution is 0.202. The summed E-state index contributed by atoms with van der Waals surface area (Å²) in [7, 11) is 0. The standard InChI is InChI=1S/C15H22N2S/c1-11-3-4-13(9-12(11)2)10-17-7-5-14(6-8-17)15(16)18/h3-4,9,14H,5-8,10H2,1-2H3,(H2,16,18). The molecule has 1 saturated heterocycles. The van der Waals surface area contributed by atoms with Crippen LogP contribution < -0.4 is 5.73 Å². The Kier molecular flexibility index (Phi) is 4.36. The number of likely N-dealkylation sites (tertiary alicyclic amines) is 1. The molecule has 0 bridgehead atoms. The van der Waals surface area contributed by atoms with E-state index in [9.17, 15) is 0 Å². The molecule has 18 heavy (non-hydrogen) atoms. The molecular weight excluding hydrogens is 240 g/mol. The van der Waals surface area contributed by atoms with E-state index in [2.05, 4.69) is 36.9 Å². The van der Waals surface area contributed by atoms with Gasteiger partial charge in [0.25, 0.3) is 0 Å². The third kappa shape index (κ3) is 3.30. The molecule has 1 heterocycles. The number of piperidine rings is 1. The summed E-state index contributed by atoms with van der Waals surface area (Å²) in [5.74, 6) is 0.455. The van der Waals surface area contributed by atoms with Crippen LogP contribution in [0.15, 0.2) is 18.2 Å². The fourth-order valence-corrected chi connectivity index (χ4v) is 2.77. The number of thiocarbonyl (C=S) groups is 1. The van der Waals surface area contributed by atoms with Crippen LogP contribution in [0.1, 0.15) is 29.5 Å². The number of hydrogen-bond acceptors (Lipinski definition) is 2. The van der Waals surface area contributed by atoms with Crippen molar-refractivity contribution in [3.05, 3.63) is 34.9 Å². The van der Waals surface area contributed by atoms with Gasteiger partial charge in [0.2, 0.25) is 0 Å². The van der Waals surface area contributed by atoms with Crippen molar-refractivity contribution in [2.24, 2.45) is 11.7 Å². The summed E-state index contributed by atoms with van der Waals surface area (Å²) in [6.07, 6.45) is 2.22. The van der Waals surface area contributed by atoms with Gasteiger partial charge >= 0.3 is 0 Å². The quantitative estimate of drug-likeness (QED) is 0.849. The average Bonchev–Trinajstić information content (AvgIpc) is 2.34. The summed E-state index contributed by atoms with van der Waals surface area (Å²) in [5, 5.41) is 0. The van der Waals surface area contributed by atoms with Crippen LogP contribution in [0.3, 0.4) is 0 Å². The molecule has 0 spiro atoms. The minimum absolute atomic E-state index is 0.455. The smallest absolute Gasteiger partial charge is 0.0759 e. The van der Waals surface area contributed by atoms with Crippen molar-refractivity contribution in [2.45, 2.75) is 33.2 Å². The third-order valence-electron chi connectivity index (χ3n) is 3.97. The molecule has 2 nitrogen and oxygen atoms in total. The highest BCUT2D eigenvalue weighted by Crippen LogP contribution is 2.20. The second kappa shape index (κ2) is 5.81. The molecule has 1 aromatic rings. The van der Waals surface area contributed by atoms with Crippen molar-refractivity contribution in [3.63, 3.8) is 0 Å². The van der Waals surface area contributed by atoms with Gasteiger partial charge in [0.1, 0.15) is 0 Å². The molecule has 98 valence electrons. The lowest BCUT2D eigenvalue weighted by Crippen LogP contribution is -2.37. The van der Waals surface area contributed by atoms with E-state index >= 15 is 0 Å². The molecule has 3 heteroatoms. The molecule has 1 aromatic carbocycles. The van der Waals surface area contributed by atoms with Gasteiger partial charge < -0.3 is 5.73 Å². The maximum atomic E-state index is 5.71. The lowest BCUT2D eigenvalue weighted by atomic mass is 9.96. The van der Waals surface area contributed by atoms with E-state index in [1.165, 1.54) is 16.7 Å². The molecule has 0 radical (unpaired) electrons. The van der Waals surface area contributed by atoms with E-state index in [1.807, 2.05) is 0 Å². The minimum atomic E-state index is 0.455. The van der Waals surface area contributed by atoms with E-state index in [-0.39, 0.29) is 0 Å². The number of hydrogen-bond donors (Lipinski definition) is 1. The lowest BCUT2D eigenvalue weighted by Gasteiger charge is -2.31. The van der Waals surface area contributed by atoms with Crippen LogP contribution in [-0.4, -0.2) is 23.0 Å². The molecule has 1 aliphatic heterocycles. The maximum absolute atomic E-state index is 5.71. The van der Waals surface area contributed by atoms with Gasteiger partial charge in [-0.15, -0.1) is 0 Å². The zero-order chi connectivity index (χ0) is 13.1. The van der Waals surface area contributed by atoms with E-state index in [4.69, 9.17) is 18.0 Å². The van der Waals surface area contributed by atoms with Gasteiger partial charge in [-0.05, 0) is 56.5 Å². The predicted octanol–water partition coefficient (Wildman–Crippen LogP) is 2.80. The van der Waals surface area contributed by atoms with Crippen molar-refractivity contribution >= 4 is 17.2 Å². The van der Waals surface area contributed by atoms with E-state index in [0.29, 0.717) is 10.9 Å². The fraction of sp³-hybridized carbons (Fsp3) is 0.533. The number of aryl methyl sites for hydroxylation is 2. The summed E-state index contributed by atoms with van der Waals surface area (Å²) >= 11 is 5.07. The maximum Gasteiger partial charge on any atom is 0.0759 e. The van der Waals surface area contributed by atoms with Gasteiger partial charge in [-0.2, -0.15) is 0 Å². The van der Waals surface area contributed by atoms with Crippen molar-refractivity contribution in [1.82, 2.24) is 4.90 Å². The van der Waals surface area contributed by atoms with Crippen LogP contribution in [0, 0.1) is 19.8 Å². The Morgan fingerprint density at radius 1 is 1.28 bits per heavy atom. The van der Waals surface area contributed by atoms with Gasteiger partial charge in [0.15, 0.2) is 0 Å². The molecule has 0 atom stereocenters. The van der Waals surface area contributed by atoms with Crippen molar-refractivity contribution in [1.29, 1.82) is 0 Å². The van der Waals surface area contributed by atoms with Gasteiger partial charge in [-0.25, -0.2) is 0 Å². The first kappa shape index (κ1) is 13.5. The zero-order valence-corrected chi connectivity index (χ0v) is 12.1. The van der Waals surface area contributed by atoms with Crippen LogP contribution in [-0.2, 0) is 6.54 Å². The fourth-order valence-electron chi connectivity index (χ4n) is 2.54. The SMILES string of the molecule is Cc1ccc(CN2CCC(C(N)=S)CC2)cc1C. The second-order valence-electron chi connectivity index (χ2n) is 5.37. The Morgan fingerprint density at radius 2 is 1.94 bits per heavy atom. The largest absolute Gasteiger partial charge is 0.393 e. The first-order valence-electron chi connectivity index (χ1n) is 6.64. The van der Waals surface area contributed by atoms with Gasteiger partial charge in [0.05, 0.1) is 4.99 Å². The van der Waals surface area contributed by atoms with Crippen LogP contribution in [0.25, 0.3) is 0 Å². The zero-order valence-electron chi connectivity index (χ0n) is 11.3. The summed E-state index contributed by atoms with van der Waals surface area (Å²) in [5.41, 5.74) is 9.87. The summed E-state index contributed by atoms with van der Waals surface area (Å²) in [6, 6.07) is 6.75. The van der Waals surface area contributed by atoms with Crippen LogP contribution in [0.2, 0.25) is 0 Å². The minimum Gasteiger partial charge on any atom is -0.393 e. The number of rotatable bonds is 3. The normalized spacial score (nSPS) is 17.9. The Hall–Kier alpha value is -0.930. The molecule has 2 rings (SSSR count). The van der Waals surface area contributed by atoms with Crippen LogP contribution in [0.4, 0.5) is 0 Å². The summed E-state index contributed by atoms with van der Waals surface area (Å²) in [6.45, 7) is 7.60. The van der Waals surface area contributed by atoms with Gasteiger partial charge in [-0.1, -0.05) is 30.4 Å². The number of nitrogens with zero attached hydrogens (tertiary/aromatic N) is 1. The van der Waals surface area contributed by atoms with Crippen LogP contribution >= 0.6 is 12.2 Å². The van der Waals surface area contributed by atoms with E-state index in [1.54, 1.807) is 0 Å². The Labute approximate surface area is 115 Å². The van der Waals surface area contributed by atoms with Crippen molar-refractivity contribution in [2.75, 3.05) is 13.1 Å². The molecule has 0 amide bonds. The monoisotopic (exact) mass is 262 g/mol. The molecular formula is C15H22N2S. The number of nitrogens with two attached hydrogens (primary N) is 1. The Morgan fingerprint density at radius 3 is 2.50 bits per heavy atom. The second-order valence-corrected chi connectivity index (χ2v) is 5.84. The molecule has 0 unspecified atom stereocenters. The highest BCUT2D eigenvalue weighted by molar-refractivity contribution is 7.80. The first-order valence-corrected chi connectivity index (χ1v) is 7.05. The molecule has 0 aliphatic carbocycles. The van der Waals surface area contributed by atoms with Crippen molar-refractivity contribution in [3.8, 4) is 0 Å². The predicted molar refractivity (Wildman–Crippen MR) is 80.7 cm³/mol. The molecule has 2 N–H and O–H groups in total. The van der Waals surface area contributed by atoms with E-state index in [0.717, 1.165) is 32.5 Å². The highest BCUT2D eigenvalue weighted by Gasteiger charge is 2.20. The summed E-state index contributed by atoms with van der Waals surface area (Å²) < 4.78 is 0. The summed E-state index contributed by atoms with van der Waals surface area (Å²) in [4.78, 5) is 3.19. The van der Waals surface area contributed by atoms with Gasteiger partial charge in [0, 0.05) is 12.5 Å². The Bertz CT molecular complexity index is 434. The highest BCUT2D eigenvalue weighted by atomic mass is 32.1. The van der Waals surface area contributed by atoms with Gasteiger partial charge in [-0.3, -0.25) is 4.90 Å². The topological polar surface area (TPSA) is 29.3 Å².